The van der Waals surface area contributed by atoms with E-state index in [4.69, 9.17) is 27.0 Å². The third kappa shape index (κ3) is 4.98. The number of nitrogens with one attached hydrogen (secondary N) is 1. The average molecular weight is 388 g/mol. The molecule has 0 amide bonds. The lowest BCUT2D eigenvalue weighted by Gasteiger charge is -2.38. The Bertz CT molecular complexity index is 766. The fourth-order valence-corrected chi connectivity index (χ4v) is 3.29. The molecule has 1 aromatic carbocycles. The van der Waals surface area contributed by atoms with E-state index in [-0.39, 0.29) is 12.6 Å². The molecule has 1 atom stereocenters. The van der Waals surface area contributed by atoms with Gasteiger partial charge in [-0.25, -0.2) is 4.79 Å². The monoisotopic (exact) mass is 387 g/mol. The molecule has 1 heterocycles. The molecule has 1 aromatic rings. The van der Waals surface area contributed by atoms with E-state index in [1.807, 2.05) is 30.0 Å². The third-order valence-corrected chi connectivity index (χ3v) is 4.49. The van der Waals surface area contributed by atoms with Crippen LogP contribution < -0.4 is 10.1 Å². The van der Waals surface area contributed by atoms with Crippen molar-refractivity contribution < 1.29 is 14.3 Å². The molecule has 6 nitrogen and oxygen atoms in total. The number of carbonyl (C=O) groups is 1. The van der Waals surface area contributed by atoms with Crippen LogP contribution in [0.5, 0.6) is 5.75 Å². The number of benzene rings is 1. The predicted molar refractivity (Wildman–Crippen MR) is 107 cm³/mol. The number of carbonyl (C=O) groups excluding carboxylic acids is 1. The smallest absolute Gasteiger partial charge is 0.338 e. The van der Waals surface area contributed by atoms with Crippen molar-refractivity contribution in [3.05, 3.63) is 41.1 Å². The highest BCUT2D eigenvalue weighted by atomic mass is 32.1. The van der Waals surface area contributed by atoms with Crippen molar-refractivity contribution in [2.75, 3.05) is 19.8 Å². The van der Waals surface area contributed by atoms with E-state index in [1.54, 1.807) is 19.1 Å². The van der Waals surface area contributed by atoms with E-state index in [9.17, 15) is 4.79 Å². The number of hydrogen-bond donors (Lipinski definition) is 1. The summed E-state index contributed by atoms with van der Waals surface area (Å²) in [6.07, 6.45) is 0. The summed E-state index contributed by atoms with van der Waals surface area (Å²) in [6, 6.07) is 8.80. The molecule has 0 saturated heterocycles. The highest BCUT2D eigenvalue weighted by molar-refractivity contribution is 7.80. The minimum atomic E-state index is -0.398. The molecule has 27 heavy (non-hydrogen) atoms. The lowest BCUT2D eigenvalue weighted by atomic mass is 9.94. The molecule has 0 saturated carbocycles. The van der Waals surface area contributed by atoms with Gasteiger partial charge in [-0.3, -0.25) is 0 Å². The van der Waals surface area contributed by atoms with E-state index in [0.29, 0.717) is 35.5 Å². The Morgan fingerprint density at radius 1 is 1.37 bits per heavy atom. The zero-order chi connectivity index (χ0) is 20.0. The van der Waals surface area contributed by atoms with Gasteiger partial charge < -0.3 is 19.7 Å². The summed E-state index contributed by atoms with van der Waals surface area (Å²) >= 11 is 5.55. The molecule has 144 valence electrons. The summed E-state index contributed by atoms with van der Waals surface area (Å²) in [5, 5.41) is 12.5. The molecule has 2 rings (SSSR count). The number of nitriles is 1. The van der Waals surface area contributed by atoms with Gasteiger partial charge in [-0.2, -0.15) is 5.26 Å². The minimum absolute atomic E-state index is 0.0115. The second-order valence-electron chi connectivity index (χ2n) is 6.62. The summed E-state index contributed by atoms with van der Waals surface area (Å²) in [5.41, 5.74) is 2.23. The van der Waals surface area contributed by atoms with Gasteiger partial charge in [0.1, 0.15) is 11.8 Å². The Labute approximate surface area is 165 Å². The molecule has 1 N–H and O–H groups in total. The van der Waals surface area contributed by atoms with Gasteiger partial charge in [-0.15, -0.1) is 0 Å². The van der Waals surface area contributed by atoms with Crippen LogP contribution in [-0.4, -0.2) is 35.7 Å². The Kier molecular flexibility index (Phi) is 7.19. The first kappa shape index (κ1) is 20.7. The molecule has 1 aliphatic rings. The van der Waals surface area contributed by atoms with Crippen LogP contribution >= 0.6 is 12.2 Å². The molecule has 7 heteroatoms. The van der Waals surface area contributed by atoms with Crippen molar-refractivity contribution in [1.82, 2.24) is 10.2 Å². The van der Waals surface area contributed by atoms with Crippen LogP contribution in [0.2, 0.25) is 0 Å². The lowest BCUT2D eigenvalue weighted by molar-refractivity contribution is -0.139. The predicted octanol–water partition coefficient (Wildman–Crippen LogP) is 3.31. The van der Waals surface area contributed by atoms with Crippen LogP contribution in [0.1, 0.15) is 39.3 Å². The molecular formula is C20H25N3O3S. The topological polar surface area (TPSA) is 74.6 Å². The van der Waals surface area contributed by atoms with Gasteiger partial charge in [0.15, 0.2) is 11.7 Å². The van der Waals surface area contributed by atoms with Gasteiger partial charge >= 0.3 is 5.97 Å². The van der Waals surface area contributed by atoms with E-state index >= 15 is 0 Å². The second kappa shape index (κ2) is 9.38. The van der Waals surface area contributed by atoms with E-state index in [0.717, 1.165) is 11.3 Å². The number of esters is 1. The summed E-state index contributed by atoms with van der Waals surface area (Å²) in [6.45, 7) is 8.91. The lowest BCUT2D eigenvalue weighted by Crippen LogP contribution is -2.48. The van der Waals surface area contributed by atoms with Crippen molar-refractivity contribution in [3.63, 3.8) is 0 Å². The molecule has 0 fully saturated rings. The Balaban J connectivity index is 2.41. The maximum Gasteiger partial charge on any atom is 0.338 e. The van der Waals surface area contributed by atoms with Crippen molar-refractivity contribution >= 4 is 23.3 Å². The molecule has 0 unspecified atom stereocenters. The highest BCUT2D eigenvalue weighted by Gasteiger charge is 2.34. The Hall–Kier alpha value is -2.59. The summed E-state index contributed by atoms with van der Waals surface area (Å²) in [5.74, 6) is 0.628. The quantitative estimate of drug-likeness (QED) is 0.568. The number of ether oxygens (including phenoxy) is 2. The van der Waals surface area contributed by atoms with Gasteiger partial charge in [0.25, 0.3) is 0 Å². The van der Waals surface area contributed by atoms with Crippen LogP contribution in [0.3, 0.4) is 0 Å². The number of hydrogen-bond acceptors (Lipinski definition) is 5. The number of rotatable bonds is 7. The van der Waals surface area contributed by atoms with Gasteiger partial charge in [-0.05, 0) is 49.7 Å². The van der Waals surface area contributed by atoms with Crippen molar-refractivity contribution in [1.29, 1.82) is 5.26 Å². The van der Waals surface area contributed by atoms with E-state index in [1.165, 1.54) is 0 Å². The number of nitrogens with zero attached hydrogens (tertiary/aromatic N) is 2. The first-order valence-corrected chi connectivity index (χ1v) is 9.35. The zero-order valence-electron chi connectivity index (χ0n) is 16.1. The van der Waals surface area contributed by atoms with Crippen LogP contribution in [0.15, 0.2) is 35.5 Å². The summed E-state index contributed by atoms with van der Waals surface area (Å²) in [7, 11) is 0. The van der Waals surface area contributed by atoms with Crippen molar-refractivity contribution in [2.45, 2.75) is 33.7 Å². The van der Waals surface area contributed by atoms with Gasteiger partial charge in [0.05, 0.1) is 18.2 Å². The molecule has 0 spiro atoms. The number of allylic oxidation sites excluding steroid dienone is 1. The SMILES string of the molecule is CCOC(=O)C1=C(C)N(CC(C)C)C(=S)N[C@H]1c1ccc(OCC#N)cc1. The van der Waals surface area contributed by atoms with Gasteiger partial charge in [-0.1, -0.05) is 26.0 Å². The van der Waals surface area contributed by atoms with Crippen LogP contribution in [0.25, 0.3) is 0 Å². The standard InChI is InChI=1S/C20H25N3O3S/c1-5-25-19(24)17-14(4)23(12-13(2)3)20(27)22-18(17)15-6-8-16(9-7-15)26-11-10-21/h6-9,13,18H,5,11-12H2,1-4H3,(H,22,27)/t18-/m0/s1. The number of thiocarbonyl (C=S) groups is 1. The largest absolute Gasteiger partial charge is 0.479 e. The minimum Gasteiger partial charge on any atom is -0.479 e. The Morgan fingerprint density at radius 2 is 2.04 bits per heavy atom. The first-order chi connectivity index (χ1) is 12.9. The zero-order valence-corrected chi connectivity index (χ0v) is 16.9. The van der Waals surface area contributed by atoms with Gasteiger partial charge in [0, 0.05) is 12.2 Å². The maximum atomic E-state index is 12.7. The van der Waals surface area contributed by atoms with E-state index in [2.05, 4.69) is 19.2 Å². The average Bonchev–Trinajstić information content (AvgIpc) is 2.63. The molecular weight excluding hydrogens is 362 g/mol. The molecule has 0 aromatic heterocycles. The third-order valence-electron chi connectivity index (χ3n) is 4.16. The first-order valence-electron chi connectivity index (χ1n) is 8.94. The van der Waals surface area contributed by atoms with Crippen LogP contribution in [0.4, 0.5) is 0 Å². The van der Waals surface area contributed by atoms with Crippen molar-refractivity contribution in [3.8, 4) is 11.8 Å². The van der Waals surface area contributed by atoms with Crippen LogP contribution in [-0.2, 0) is 9.53 Å². The Morgan fingerprint density at radius 3 is 2.59 bits per heavy atom. The van der Waals surface area contributed by atoms with Crippen molar-refractivity contribution in [2.24, 2.45) is 5.92 Å². The second-order valence-corrected chi connectivity index (χ2v) is 7.01. The highest BCUT2D eigenvalue weighted by Crippen LogP contribution is 2.32. The van der Waals surface area contributed by atoms with Gasteiger partial charge in [0.2, 0.25) is 0 Å². The molecule has 0 bridgehead atoms. The molecule has 1 aliphatic heterocycles. The van der Waals surface area contributed by atoms with E-state index < -0.39 is 6.04 Å². The maximum absolute atomic E-state index is 12.7. The molecule has 0 aliphatic carbocycles. The van der Waals surface area contributed by atoms with Crippen LogP contribution in [0, 0.1) is 17.2 Å². The fraction of sp³-hybridized carbons (Fsp3) is 0.450. The molecule has 0 radical (unpaired) electrons. The normalized spacial score (nSPS) is 16.8. The summed E-state index contributed by atoms with van der Waals surface area (Å²) in [4.78, 5) is 14.6. The summed E-state index contributed by atoms with van der Waals surface area (Å²) < 4.78 is 10.6. The fourth-order valence-electron chi connectivity index (χ4n) is 2.96.